The lowest BCUT2D eigenvalue weighted by Crippen LogP contribution is -2.04. The Balaban J connectivity index is 1.85. The molecule has 0 spiro atoms. The van der Waals surface area contributed by atoms with Gasteiger partial charge < -0.3 is 0 Å². The molecule has 3 rings (SSSR count). The van der Waals surface area contributed by atoms with Crippen LogP contribution >= 0.6 is 0 Å². The molecule has 0 saturated heterocycles. The quantitative estimate of drug-likeness (QED) is 0.693. The minimum atomic E-state index is -0.465. The van der Waals surface area contributed by atoms with Gasteiger partial charge in [-0.1, -0.05) is 49.6 Å². The maximum absolute atomic E-state index is 13.4. The van der Waals surface area contributed by atoms with Crippen LogP contribution in [0.3, 0.4) is 0 Å². The predicted octanol–water partition coefficient (Wildman–Crippen LogP) is 5.35. The fourth-order valence-corrected chi connectivity index (χ4v) is 3.20. The first-order chi connectivity index (χ1) is 10.3. The van der Waals surface area contributed by atoms with E-state index in [-0.39, 0.29) is 5.56 Å². The first-order valence-corrected chi connectivity index (χ1v) is 7.63. The SMILES string of the molecule is O=Cc1cc(-c2ccc(C3CCCCC3)cc2)ccc1F. The Morgan fingerprint density at radius 2 is 1.57 bits per heavy atom. The van der Waals surface area contributed by atoms with Crippen molar-refractivity contribution in [3.63, 3.8) is 0 Å². The minimum absolute atomic E-state index is 0.115. The summed E-state index contributed by atoms with van der Waals surface area (Å²) in [5, 5.41) is 0. The van der Waals surface area contributed by atoms with Gasteiger partial charge in [0.1, 0.15) is 5.82 Å². The summed E-state index contributed by atoms with van der Waals surface area (Å²) in [4.78, 5) is 10.8. The average molecular weight is 282 g/mol. The normalized spacial score (nSPS) is 15.9. The number of halogens is 1. The van der Waals surface area contributed by atoms with Crippen LogP contribution in [0.15, 0.2) is 42.5 Å². The summed E-state index contributed by atoms with van der Waals surface area (Å²) >= 11 is 0. The first kappa shape index (κ1) is 14.0. The van der Waals surface area contributed by atoms with E-state index in [2.05, 4.69) is 24.3 Å². The van der Waals surface area contributed by atoms with Crippen molar-refractivity contribution >= 4 is 6.29 Å². The minimum Gasteiger partial charge on any atom is -0.298 e. The van der Waals surface area contributed by atoms with E-state index in [1.54, 1.807) is 12.1 Å². The highest BCUT2D eigenvalue weighted by Crippen LogP contribution is 2.33. The van der Waals surface area contributed by atoms with Crippen molar-refractivity contribution < 1.29 is 9.18 Å². The Bertz CT molecular complexity index is 625. The van der Waals surface area contributed by atoms with Crippen LogP contribution in [0, 0.1) is 5.82 Å². The molecule has 108 valence electrons. The van der Waals surface area contributed by atoms with Crippen LogP contribution in [0.1, 0.15) is 53.9 Å². The topological polar surface area (TPSA) is 17.1 Å². The molecule has 0 N–H and O–H groups in total. The molecule has 1 nitrogen and oxygen atoms in total. The zero-order chi connectivity index (χ0) is 14.7. The molecule has 21 heavy (non-hydrogen) atoms. The van der Waals surface area contributed by atoms with E-state index in [0.29, 0.717) is 12.2 Å². The highest BCUT2D eigenvalue weighted by molar-refractivity contribution is 5.79. The van der Waals surface area contributed by atoms with Crippen molar-refractivity contribution in [3.05, 3.63) is 59.4 Å². The monoisotopic (exact) mass is 282 g/mol. The van der Waals surface area contributed by atoms with Gasteiger partial charge in [-0.3, -0.25) is 4.79 Å². The van der Waals surface area contributed by atoms with Crippen molar-refractivity contribution in [2.24, 2.45) is 0 Å². The molecule has 0 amide bonds. The van der Waals surface area contributed by atoms with E-state index in [0.717, 1.165) is 11.1 Å². The molecule has 0 bridgehead atoms. The average Bonchev–Trinajstić information content (AvgIpc) is 2.56. The molecular formula is C19H19FO. The van der Waals surface area contributed by atoms with Crippen LogP contribution in [0.25, 0.3) is 11.1 Å². The van der Waals surface area contributed by atoms with Crippen LogP contribution in [-0.2, 0) is 0 Å². The third-order valence-corrected chi connectivity index (χ3v) is 4.44. The summed E-state index contributed by atoms with van der Waals surface area (Å²) in [7, 11) is 0. The lowest BCUT2D eigenvalue weighted by molar-refractivity contribution is 0.112. The van der Waals surface area contributed by atoms with Crippen molar-refractivity contribution in [2.45, 2.75) is 38.0 Å². The Morgan fingerprint density at radius 1 is 0.905 bits per heavy atom. The Morgan fingerprint density at radius 3 is 2.24 bits per heavy atom. The summed E-state index contributed by atoms with van der Waals surface area (Å²) in [6, 6.07) is 13.2. The molecule has 1 fully saturated rings. The molecule has 2 heteroatoms. The van der Waals surface area contributed by atoms with E-state index in [4.69, 9.17) is 0 Å². The van der Waals surface area contributed by atoms with Gasteiger partial charge in [-0.25, -0.2) is 4.39 Å². The number of hydrogen-bond donors (Lipinski definition) is 0. The maximum Gasteiger partial charge on any atom is 0.153 e. The van der Waals surface area contributed by atoms with E-state index < -0.39 is 5.82 Å². The Hall–Kier alpha value is -1.96. The van der Waals surface area contributed by atoms with Gasteiger partial charge in [0.15, 0.2) is 6.29 Å². The number of hydrogen-bond acceptors (Lipinski definition) is 1. The zero-order valence-corrected chi connectivity index (χ0v) is 12.0. The number of carbonyl (C=O) groups is 1. The molecule has 0 atom stereocenters. The van der Waals surface area contributed by atoms with E-state index >= 15 is 0 Å². The standard InChI is InChI=1S/C19H19FO/c20-19-11-10-17(12-18(19)13-21)16-8-6-15(7-9-16)14-4-2-1-3-5-14/h6-14H,1-5H2. The Labute approximate surface area is 124 Å². The molecule has 1 aliphatic carbocycles. The number of benzene rings is 2. The van der Waals surface area contributed by atoms with Gasteiger partial charge in [-0.05, 0) is 47.6 Å². The summed E-state index contributed by atoms with van der Waals surface area (Å²) in [6.07, 6.45) is 7.14. The number of carbonyl (C=O) groups excluding carboxylic acids is 1. The molecular weight excluding hydrogens is 263 g/mol. The van der Waals surface area contributed by atoms with Gasteiger partial charge in [0, 0.05) is 0 Å². The van der Waals surface area contributed by atoms with E-state index in [1.807, 2.05) is 0 Å². The maximum atomic E-state index is 13.4. The highest BCUT2D eigenvalue weighted by atomic mass is 19.1. The molecule has 0 radical (unpaired) electrons. The number of rotatable bonds is 3. The third-order valence-electron chi connectivity index (χ3n) is 4.44. The summed E-state index contributed by atoms with van der Waals surface area (Å²) in [6.45, 7) is 0. The highest BCUT2D eigenvalue weighted by Gasteiger charge is 2.15. The second-order valence-electron chi connectivity index (χ2n) is 5.81. The van der Waals surface area contributed by atoms with Crippen molar-refractivity contribution in [1.82, 2.24) is 0 Å². The van der Waals surface area contributed by atoms with Gasteiger partial charge in [-0.2, -0.15) is 0 Å². The Kier molecular flexibility index (Phi) is 4.14. The molecule has 2 aromatic rings. The molecule has 0 aliphatic heterocycles. The smallest absolute Gasteiger partial charge is 0.153 e. The summed E-state index contributed by atoms with van der Waals surface area (Å²) < 4.78 is 13.4. The second-order valence-corrected chi connectivity index (χ2v) is 5.81. The van der Waals surface area contributed by atoms with Crippen molar-refractivity contribution in [2.75, 3.05) is 0 Å². The van der Waals surface area contributed by atoms with Crippen LogP contribution < -0.4 is 0 Å². The predicted molar refractivity (Wildman–Crippen MR) is 83.0 cm³/mol. The summed E-state index contributed by atoms with van der Waals surface area (Å²) in [5.74, 6) is 0.221. The van der Waals surface area contributed by atoms with Crippen LogP contribution in [0.5, 0.6) is 0 Å². The lowest BCUT2D eigenvalue weighted by atomic mass is 9.83. The zero-order valence-electron chi connectivity index (χ0n) is 12.0. The van der Waals surface area contributed by atoms with Gasteiger partial charge in [0.05, 0.1) is 5.56 Å². The summed E-state index contributed by atoms with van der Waals surface area (Å²) in [5.41, 5.74) is 3.42. The first-order valence-electron chi connectivity index (χ1n) is 7.63. The van der Waals surface area contributed by atoms with Crippen LogP contribution in [0.2, 0.25) is 0 Å². The molecule has 0 heterocycles. The second kappa shape index (κ2) is 6.21. The largest absolute Gasteiger partial charge is 0.298 e. The molecule has 0 unspecified atom stereocenters. The fraction of sp³-hybridized carbons (Fsp3) is 0.316. The van der Waals surface area contributed by atoms with Gasteiger partial charge in [0.2, 0.25) is 0 Å². The van der Waals surface area contributed by atoms with Gasteiger partial charge in [-0.15, -0.1) is 0 Å². The molecule has 1 aliphatic rings. The molecule has 2 aromatic carbocycles. The van der Waals surface area contributed by atoms with E-state index in [9.17, 15) is 9.18 Å². The van der Waals surface area contributed by atoms with Crippen LogP contribution in [-0.4, -0.2) is 6.29 Å². The third kappa shape index (κ3) is 3.05. The molecule has 1 saturated carbocycles. The number of aldehydes is 1. The van der Waals surface area contributed by atoms with Crippen molar-refractivity contribution in [1.29, 1.82) is 0 Å². The van der Waals surface area contributed by atoms with Crippen LogP contribution in [0.4, 0.5) is 4.39 Å². The van der Waals surface area contributed by atoms with Gasteiger partial charge >= 0.3 is 0 Å². The van der Waals surface area contributed by atoms with Gasteiger partial charge in [0.25, 0.3) is 0 Å². The van der Waals surface area contributed by atoms with Crippen molar-refractivity contribution in [3.8, 4) is 11.1 Å². The lowest BCUT2D eigenvalue weighted by Gasteiger charge is -2.22. The molecule has 0 aromatic heterocycles. The van der Waals surface area contributed by atoms with E-state index in [1.165, 1.54) is 43.7 Å². The fourth-order valence-electron chi connectivity index (χ4n) is 3.20.